The van der Waals surface area contributed by atoms with Crippen molar-refractivity contribution in [1.82, 2.24) is 4.98 Å². The molecule has 24 heavy (non-hydrogen) atoms. The molecule has 0 radical (unpaired) electrons. The van der Waals surface area contributed by atoms with Crippen LogP contribution in [-0.4, -0.2) is 10.9 Å². The first-order chi connectivity index (χ1) is 11.7. The second-order valence-corrected chi connectivity index (χ2v) is 6.50. The number of rotatable bonds is 3. The van der Waals surface area contributed by atoms with Crippen LogP contribution in [0.3, 0.4) is 0 Å². The highest BCUT2D eigenvalue weighted by Gasteiger charge is 2.15. The zero-order valence-corrected chi connectivity index (χ0v) is 13.8. The van der Waals surface area contributed by atoms with Crippen molar-refractivity contribution in [3.63, 3.8) is 0 Å². The fourth-order valence-electron chi connectivity index (χ4n) is 2.65. The first kappa shape index (κ1) is 14.7. The highest BCUT2D eigenvalue weighted by Crippen LogP contribution is 2.31. The Labute approximate surface area is 142 Å². The lowest BCUT2D eigenvalue weighted by molar-refractivity contribution is 0.103. The third-order valence-electron chi connectivity index (χ3n) is 3.91. The van der Waals surface area contributed by atoms with E-state index in [1.165, 1.54) is 17.7 Å². The molecule has 0 fully saturated rings. The second-order valence-electron chi connectivity index (χ2n) is 5.45. The molecule has 0 bridgehead atoms. The largest absolute Gasteiger partial charge is 0.444 e. The van der Waals surface area contributed by atoms with Crippen molar-refractivity contribution in [2.45, 2.75) is 6.92 Å². The molecule has 2 aromatic heterocycles. The fraction of sp³-hybridized carbons (Fsp3) is 0.0526. The predicted octanol–water partition coefficient (Wildman–Crippen LogP) is 5.12. The highest BCUT2D eigenvalue weighted by atomic mass is 32.1. The number of hydrogen-bond acceptors (Lipinski definition) is 4. The van der Waals surface area contributed by atoms with Crippen LogP contribution in [-0.2, 0) is 0 Å². The summed E-state index contributed by atoms with van der Waals surface area (Å²) in [6.45, 7) is 1.99. The SMILES string of the molecule is Cc1c(C(=O)Nc2ccc(-c3cnco3)cc2)sc2ccccc12. The Morgan fingerprint density at radius 1 is 1.12 bits per heavy atom. The van der Waals surface area contributed by atoms with Crippen molar-refractivity contribution in [3.8, 4) is 11.3 Å². The summed E-state index contributed by atoms with van der Waals surface area (Å²) in [6, 6.07) is 15.6. The average molecular weight is 334 g/mol. The van der Waals surface area contributed by atoms with E-state index in [0.29, 0.717) is 5.76 Å². The zero-order chi connectivity index (χ0) is 16.5. The smallest absolute Gasteiger partial charge is 0.266 e. The van der Waals surface area contributed by atoms with Crippen molar-refractivity contribution >= 4 is 33.0 Å². The van der Waals surface area contributed by atoms with Gasteiger partial charge in [0, 0.05) is 16.0 Å². The summed E-state index contributed by atoms with van der Waals surface area (Å²) >= 11 is 1.52. The minimum atomic E-state index is -0.0823. The Morgan fingerprint density at radius 2 is 1.92 bits per heavy atom. The van der Waals surface area contributed by atoms with Gasteiger partial charge in [0.05, 0.1) is 11.1 Å². The lowest BCUT2D eigenvalue weighted by atomic mass is 10.1. The average Bonchev–Trinajstić information content (AvgIpc) is 3.24. The normalized spacial score (nSPS) is 10.9. The molecule has 1 N–H and O–H groups in total. The summed E-state index contributed by atoms with van der Waals surface area (Å²) in [5, 5.41) is 4.09. The Bertz CT molecular complexity index is 1000. The quantitative estimate of drug-likeness (QED) is 0.566. The molecule has 2 aromatic carbocycles. The lowest BCUT2D eigenvalue weighted by Crippen LogP contribution is -2.11. The van der Waals surface area contributed by atoms with Gasteiger partial charge in [-0.3, -0.25) is 4.79 Å². The molecular formula is C19H14N2O2S. The van der Waals surface area contributed by atoms with Crippen LogP contribution < -0.4 is 5.32 Å². The summed E-state index contributed by atoms with van der Waals surface area (Å²) in [5.41, 5.74) is 2.69. The Morgan fingerprint density at radius 3 is 2.62 bits per heavy atom. The van der Waals surface area contributed by atoms with Gasteiger partial charge in [-0.1, -0.05) is 18.2 Å². The van der Waals surface area contributed by atoms with Crippen molar-refractivity contribution in [3.05, 3.63) is 71.6 Å². The molecule has 0 saturated carbocycles. The molecule has 4 aromatic rings. The van der Waals surface area contributed by atoms with Crippen LogP contribution in [0.4, 0.5) is 5.69 Å². The molecule has 118 valence electrons. The van der Waals surface area contributed by atoms with Gasteiger partial charge in [0.15, 0.2) is 12.2 Å². The topological polar surface area (TPSA) is 55.1 Å². The van der Waals surface area contributed by atoms with Crippen molar-refractivity contribution in [1.29, 1.82) is 0 Å². The molecule has 0 aliphatic heterocycles. The Kier molecular flexibility index (Phi) is 3.63. The second kappa shape index (κ2) is 5.94. The number of hydrogen-bond donors (Lipinski definition) is 1. The van der Waals surface area contributed by atoms with Crippen LogP contribution in [0, 0.1) is 6.92 Å². The van der Waals surface area contributed by atoms with E-state index in [1.807, 2.05) is 55.5 Å². The van der Waals surface area contributed by atoms with Gasteiger partial charge in [0.25, 0.3) is 5.91 Å². The van der Waals surface area contributed by atoms with Gasteiger partial charge in [-0.05, 0) is 48.2 Å². The van der Waals surface area contributed by atoms with Gasteiger partial charge in [-0.15, -0.1) is 11.3 Å². The molecule has 1 amide bonds. The van der Waals surface area contributed by atoms with Crippen LogP contribution in [0.25, 0.3) is 21.4 Å². The number of oxazole rings is 1. The first-order valence-electron chi connectivity index (χ1n) is 7.51. The number of carbonyl (C=O) groups is 1. The minimum absolute atomic E-state index is 0.0823. The van der Waals surface area contributed by atoms with Gasteiger partial charge in [-0.2, -0.15) is 0 Å². The van der Waals surface area contributed by atoms with Crippen LogP contribution in [0.5, 0.6) is 0 Å². The van der Waals surface area contributed by atoms with Gasteiger partial charge in [0.2, 0.25) is 0 Å². The van der Waals surface area contributed by atoms with Gasteiger partial charge >= 0.3 is 0 Å². The molecule has 0 atom stereocenters. The van der Waals surface area contributed by atoms with Crippen LogP contribution in [0.15, 0.2) is 65.5 Å². The van der Waals surface area contributed by atoms with Gasteiger partial charge in [-0.25, -0.2) is 4.98 Å². The fourth-order valence-corrected chi connectivity index (χ4v) is 3.76. The molecule has 0 unspecified atom stereocenters. The third-order valence-corrected chi connectivity index (χ3v) is 5.18. The van der Waals surface area contributed by atoms with E-state index < -0.39 is 0 Å². The Balaban J connectivity index is 1.58. The number of nitrogens with zero attached hydrogens (tertiary/aromatic N) is 1. The van der Waals surface area contributed by atoms with E-state index in [-0.39, 0.29) is 5.91 Å². The molecule has 5 heteroatoms. The molecule has 2 heterocycles. The maximum Gasteiger partial charge on any atom is 0.266 e. The van der Waals surface area contributed by atoms with Crippen LogP contribution in [0.2, 0.25) is 0 Å². The summed E-state index contributed by atoms with van der Waals surface area (Å²) in [7, 11) is 0. The number of carbonyl (C=O) groups excluding carboxylic acids is 1. The van der Waals surface area contributed by atoms with Crippen LogP contribution >= 0.6 is 11.3 Å². The van der Waals surface area contributed by atoms with Crippen molar-refractivity contribution < 1.29 is 9.21 Å². The zero-order valence-electron chi connectivity index (χ0n) is 12.9. The van der Waals surface area contributed by atoms with E-state index in [4.69, 9.17) is 4.42 Å². The lowest BCUT2D eigenvalue weighted by Gasteiger charge is -2.05. The number of anilines is 1. The van der Waals surface area contributed by atoms with E-state index in [0.717, 1.165) is 31.8 Å². The highest BCUT2D eigenvalue weighted by molar-refractivity contribution is 7.21. The Hall–Kier alpha value is -2.92. The molecular weight excluding hydrogens is 320 g/mol. The molecule has 0 aliphatic rings. The summed E-state index contributed by atoms with van der Waals surface area (Å²) < 4.78 is 6.39. The maximum absolute atomic E-state index is 12.6. The van der Waals surface area contributed by atoms with E-state index in [1.54, 1.807) is 6.20 Å². The van der Waals surface area contributed by atoms with Gasteiger partial charge < -0.3 is 9.73 Å². The van der Waals surface area contributed by atoms with Gasteiger partial charge in [0.1, 0.15) is 0 Å². The number of fused-ring (bicyclic) bond motifs is 1. The van der Waals surface area contributed by atoms with E-state index in [2.05, 4.69) is 10.3 Å². The number of aromatic nitrogens is 1. The number of amides is 1. The van der Waals surface area contributed by atoms with Crippen LogP contribution in [0.1, 0.15) is 15.2 Å². The molecule has 0 saturated heterocycles. The summed E-state index contributed by atoms with van der Waals surface area (Å²) in [6.07, 6.45) is 3.06. The van der Waals surface area contributed by atoms with Crippen molar-refractivity contribution in [2.75, 3.05) is 5.32 Å². The van der Waals surface area contributed by atoms with E-state index in [9.17, 15) is 4.79 Å². The number of thiophene rings is 1. The molecule has 0 spiro atoms. The summed E-state index contributed by atoms with van der Waals surface area (Å²) in [4.78, 5) is 17.2. The number of aryl methyl sites for hydroxylation is 1. The third kappa shape index (κ3) is 2.59. The standard InChI is InChI=1S/C19H14N2O2S/c1-12-15-4-2-3-5-17(15)24-18(12)19(22)21-14-8-6-13(7-9-14)16-10-20-11-23-16/h2-11H,1H3,(H,21,22). The first-order valence-corrected chi connectivity index (χ1v) is 8.32. The number of benzene rings is 2. The predicted molar refractivity (Wildman–Crippen MR) is 96.5 cm³/mol. The minimum Gasteiger partial charge on any atom is -0.444 e. The number of nitrogens with one attached hydrogen (secondary N) is 1. The monoisotopic (exact) mass is 334 g/mol. The maximum atomic E-state index is 12.6. The van der Waals surface area contributed by atoms with Crippen molar-refractivity contribution in [2.24, 2.45) is 0 Å². The molecule has 4 nitrogen and oxygen atoms in total. The molecule has 4 rings (SSSR count). The summed E-state index contributed by atoms with van der Waals surface area (Å²) in [5.74, 6) is 0.620. The van der Waals surface area contributed by atoms with E-state index >= 15 is 0 Å². The molecule has 0 aliphatic carbocycles.